The molecular weight excluding hydrogens is 286 g/mol. The van der Waals surface area contributed by atoms with E-state index >= 15 is 0 Å². The van der Waals surface area contributed by atoms with Crippen molar-refractivity contribution in [3.8, 4) is 6.07 Å². The highest BCUT2D eigenvalue weighted by Crippen LogP contribution is 2.27. The average Bonchev–Trinajstić information content (AvgIpc) is 2.26. The Hall–Kier alpha value is -1.55. The second-order valence-corrected chi connectivity index (χ2v) is 3.34. The van der Waals surface area contributed by atoms with E-state index in [4.69, 9.17) is 10.4 Å². The largest absolute Gasteiger partial charge is 0.477 e. The van der Waals surface area contributed by atoms with E-state index < -0.39 is 23.7 Å². The van der Waals surface area contributed by atoms with Crippen molar-refractivity contribution in [3.05, 3.63) is 28.6 Å². The second-order valence-electron chi connectivity index (χ2n) is 2.78. The van der Waals surface area contributed by atoms with Crippen LogP contribution in [0.4, 0.5) is 8.78 Å². The van der Waals surface area contributed by atoms with E-state index in [1.54, 1.807) is 6.07 Å². The molecule has 0 aliphatic carbocycles. The third-order valence-corrected chi connectivity index (χ3v) is 2.41. The Balaban J connectivity index is 3.51. The van der Waals surface area contributed by atoms with Crippen molar-refractivity contribution in [2.24, 2.45) is 0 Å². The minimum absolute atomic E-state index is 0.0162. The van der Waals surface area contributed by atoms with Crippen LogP contribution in [0, 0.1) is 11.3 Å². The average molecular weight is 291 g/mol. The monoisotopic (exact) mass is 290 g/mol. The molecule has 0 bridgehead atoms. The van der Waals surface area contributed by atoms with Crippen molar-refractivity contribution < 1.29 is 18.7 Å². The number of aromatic carboxylic acids is 1. The van der Waals surface area contributed by atoms with Crippen LogP contribution in [0.5, 0.6) is 0 Å². The summed E-state index contributed by atoms with van der Waals surface area (Å²) in [5.41, 5.74) is -1.33. The molecule has 1 N–H and O–H groups in total. The van der Waals surface area contributed by atoms with Gasteiger partial charge in [-0.3, -0.25) is 0 Å². The Kier molecular flexibility index (Phi) is 3.90. The maximum atomic E-state index is 12.6. The van der Waals surface area contributed by atoms with Gasteiger partial charge in [0.15, 0.2) is 0 Å². The minimum atomic E-state index is -2.85. The molecule has 4 nitrogen and oxygen atoms in total. The van der Waals surface area contributed by atoms with Crippen LogP contribution in [0.25, 0.3) is 0 Å². The van der Waals surface area contributed by atoms with Crippen molar-refractivity contribution in [3.63, 3.8) is 0 Å². The van der Waals surface area contributed by atoms with E-state index in [2.05, 4.69) is 20.9 Å². The van der Waals surface area contributed by atoms with Gasteiger partial charge in [0.25, 0.3) is 6.43 Å². The molecule has 1 rings (SSSR count). The van der Waals surface area contributed by atoms with Gasteiger partial charge in [0.2, 0.25) is 0 Å². The lowest BCUT2D eigenvalue weighted by Gasteiger charge is -2.08. The quantitative estimate of drug-likeness (QED) is 0.868. The summed E-state index contributed by atoms with van der Waals surface area (Å²) in [7, 11) is 0. The number of aromatic nitrogens is 1. The fourth-order valence-electron chi connectivity index (χ4n) is 1.13. The molecule has 1 aromatic rings. The molecule has 84 valence electrons. The number of carboxylic acids is 1. The van der Waals surface area contributed by atoms with Gasteiger partial charge in [-0.05, 0) is 6.07 Å². The Morgan fingerprint density at radius 3 is 2.69 bits per heavy atom. The van der Waals surface area contributed by atoms with Crippen molar-refractivity contribution >= 4 is 21.9 Å². The van der Waals surface area contributed by atoms with Gasteiger partial charge in [-0.2, -0.15) is 5.26 Å². The van der Waals surface area contributed by atoms with E-state index in [0.29, 0.717) is 0 Å². The van der Waals surface area contributed by atoms with Crippen LogP contribution in [0.3, 0.4) is 0 Å². The molecule has 0 radical (unpaired) electrons. The van der Waals surface area contributed by atoms with E-state index in [-0.39, 0.29) is 16.6 Å². The lowest BCUT2D eigenvalue weighted by atomic mass is 10.1. The van der Waals surface area contributed by atoms with Gasteiger partial charge in [0.1, 0.15) is 17.5 Å². The summed E-state index contributed by atoms with van der Waals surface area (Å²) in [4.78, 5) is 14.1. The number of carbonyl (C=O) groups is 1. The third kappa shape index (κ3) is 2.33. The van der Waals surface area contributed by atoms with Crippen LogP contribution in [0.15, 0.2) is 6.07 Å². The van der Waals surface area contributed by atoms with Crippen molar-refractivity contribution in [2.75, 3.05) is 0 Å². The predicted molar refractivity (Wildman–Crippen MR) is 53.5 cm³/mol. The topological polar surface area (TPSA) is 74.0 Å². The number of halogens is 3. The first kappa shape index (κ1) is 12.5. The second kappa shape index (κ2) is 4.99. The first-order chi connectivity index (χ1) is 7.51. The molecule has 0 unspecified atom stereocenters. The normalized spacial score (nSPS) is 10.2. The molecule has 16 heavy (non-hydrogen) atoms. The zero-order valence-electron chi connectivity index (χ0n) is 7.75. The molecule has 0 aromatic carbocycles. The summed E-state index contributed by atoms with van der Waals surface area (Å²) in [5.74, 6) is -1.44. The molecule has 0 amide bonds. The number of pyridine rings is 1. The number of hydrogen-bond donors (Lipinski definition) is 1. The minimum Gasteiger partial charge on any atom is -0.477 e. The molecule has 0 aliphatic heterocycles. The molecule has 0 fully saturated rings. The molecule has 1 heterocycles. The molecule has 0 saturated heterocycles. The van der Waals surface area contributed by atoms with E-state index in [0.717, 1.165) is 6.07 Å². The van der Waals surface area contributed by atoms with Gasteiger partial charge in [-0.15, -0.1) is 0 Å². The summed E-state index contributed by atoms with van der Waals surface area (Å²) >= 11 is 2.96. The van der Waals surface area contributed by atoms with Crippen LogP contribution in [-0.4, -0.2) is 16.1 Å². The van der Waals surface area contributed by atoms with Gasteiger partial charge in [0.05, 0.1) is 0 Å². The first-order valence-corrected chi connectivity index (χ1v) is 5.14. The highest BCUT2D eigenvalue weighted by molar-refractivity contribution is 9.08. The van der Waals surface area contributed by atoms with Gasteiger partial charge in [-0.1, -0.05) is 15.9 Å². The number of nitriles is 1. The van der Waals surface area contributed by atoms with Crippen LogP contribution >= 0.6 is 15.9 Å². The van der Waals surface area contributed by atoms with Crippen LogP contribution in [0.1, 0.15) is 33.7 Å². The fraction of sp³-hybridized carbons (Fsp3) is 0.222. The SMILES string of the molecule is N#Cc1nc(C(=O)O)cc(C(F)F)c1CBr. The fourth-order valence-corrected chi connectivity index (χ4v) is 1.72. The Morgan fingerprint density at radius 2 is 2.31 bits per heavy atom. The van der Waals surface area contributed by atoms with Crippen molar-refractivity contribution in [2.45, 2.75) is 11.8 Å². The highest BCUT2D eigenvalue weighted by Gasteiger charge is 2.20. The molecule has 0 aliphatic rings. The summed E-state index contributed by atoms with van der Waals surface area (Å²) in [6.45, 7) is 0. The maximum absolute atomic E-state index is 12.6. The van der Waals surface area contributed by atoms with Crippen molar-refractivity contribution in [1.29, 1.82) is 5.26 Å². The number of rotatable bonds is 3. The lowest BCUT2D eigenvalue weighted by Crippen LogP contribution is -2.07. The zero-order valence-corrected chi connectivity index (χ0v) is 9.33. The van der Waals surface area contributed by atoms with Gasteiger partial charge in [-0.25, -0.2) is 18.6 Å². The van der Waals surface area contributed by atoms with Gasteiger partial charge >= 0.3 is 5.97 Å². The van der Waals surface area contributed by atoms with E-state index in [9.17, 15) is 13.6 Å². The van der Waals surface area contributed by atoms with Gasteiger partial charge in [0, 0.05) is 16.5 Å². The smallest absolute Gasteiger partial charge is 0.354 e. The Morgan fingerprint density at radius 1 is 1.69 bits per heavy atom. The van der Waals surface area contributed by atoms with Crippen LogP contribution in [0.2, 0.25) is 0 Å². The first-order valence-electron chi connectivity index (χ1n) is 4.02. The molecule has 0 spiro atoms. The number of carboxylic acid groups (broad SMARTS) is 1. The van der Waals surface area contributed by atoms with Gasteiger partial charge < -0.3 is 5.11 Å². The summed E-state index contributed by atoms with van der Waals surface area (Å²) in [5, 5.41) is 17.4. The molecule has 1 aromatic heterocycles. The molecule has 7 heteroatoms. The third-order valence-electron chi connectivity index (χ3n) is 1.85. The van der Waals surface area contributed by atoms with Crippen LogP contribution in [-0.2, 0) is 5.33 Å². The Labute approximate surface area is 97.7 Å². The number of hydrogen-bond acceptors (Lipinski definition) is 3. The highest BCUT2D eigenvalue weighted by atomic mass is 79.9. The lowest BCUT2D eigenvalue weighted by molar-refractivity contribution is 0.0689. The van der Waals surface area contributed by atoms with Crippen molar-refractivity contribution in [1.82, 2.24) is 4.98 Å². The summed E-state index contributed by atoms with van der Waals surface area (Å²) in [6, 6.07) is 2.38. The number of nitrogens with zero attached hydrogens (tertiary/aromatic N) is 2. The Bertz CT molecular complexity index is 471. The zero-order chi connectivity index (χ0) is 12.3. The predicted octanol–water partition coefficient (Wildman–Crippen LogP) is 2.48. The maximum Gasteiger partial charge on any atom is 0.354 e. The van der Waals surface area contributed by atoms with Crippen LogP contribution < -0.4 is 0 Å². The summed E-state index contributed by atoms with van der Waals surface area (Å²) < 4.78 is 25.2. The van der Waals surface area contributed by atoms with E-state index in [1.165, 1.54) is 0 Å². The number of alkyl halides is 3. The van der Waals surface area contributed by atoms with E-state index in [1.807, 2.05) is 0 Å². The summed E-state index contributed by atoms with van der Waals surface area (Å²) in [6.07, 6.45) is -2.85. The molecule has 0 saturated carbocycles. The molecule has 0 atom stereocenters. The molecular formula is C9H5BrF2N2O2. The standard InChI is InChI=1S/C9H5BrF2N2O2/c10-2-5-4(8(11)12)1-6(9(15)16)14-7(5)3-13/h1,8H,2H2,(H,15,16).